The highest BCUT2D eigenvalue weighted by atomic mass is 32.2. The number of anilines is 1. The summed E-state index contributed by atoms with van der Waals surface area (Å²) in [5, 5.41) is 0. The number of aryl methyl sites for hydroxylation is 2. The molecule has 1 aromatic heterocycles. The number of rotatable bonds is 6. The Morgan fingerprint density at radius 1 is 1.03 bits per heavy atom. The Labute approximate surface area is 209 Å². The molecule has 3 aromatic carbocycles. The van der Waals surface area contributed by atoms with Crippen LogP contribution in [0.3, 0.4) is 0 Å². The maximum absolute atomic E-state index is 13.3. The Morgan fingerprint density at radius 2 is 1.80 bits per heavy atom. The van der Waals surface area contributed by atoms with Crippen molar-refractivity contribution >= 4 is 43.2 Å². The van der Waals surface area contributed by atoms with Crippen LogP contribution in [0.1, 0.15) is 41.8 Å². The number of amides is 1. The zero-order valence-electron chi connectivity index (χ0n) is 19.8. The van der Waals surface area contributed by atoms with Gasteiger partial charge in [-0.3, -0.25) is 9.10 Å². The number of para-hydroxylation sites is 1. The van der Waals surface area contributed by atoms with E-state index in [1.165, 1.54) is 33.3 Å². The molecule has 8 heteroatoms. The van der Waals surface area contributed by atoms with Crippen molar-refractivity contribution in [3.05, 3.63) is 88.2 Å². The van der Waals surface area contributed by atoms with Crippen molar-refractivity contribution in [3.8, 4) is 0 Å². The van der Waals surface area contributed by atoms with Crippen LogP contribution in [0.15, 0.2) is 76.6 Å². The van der Waals surface area contributed by atoms with E-state index in [1.807, 2.05) is 24.3 Å². The number of sulfonamides is 1. The van der Waals surface area contributed by atoms with Gasteiger partial charge in [0, 0.05) is 18.7 Å². The maximum atomic E-state index is 13.3. The fourth-order valence-electron chi connectivity index (χ4n) is 4.47. The van der Waals surface area contributed by atoms with E-state index >= 15 is 0 Å². The van der Waals surface area contributed by atoms with E-state index in [2.05, 4.69) is 41.6 Å². The van der Waals surface area contributed by atoms with Crippen LogP contribution < -0.4 is 9.11 Å². The van der Waals surface area contributed by atoms with Gasteiger partial charge in [-0.1, -0.05) is 49.4 Å². The first kappa shape index (κ1) is 23.5. The van der Waals surface area contributed by atoms with E-state index in [0.717, 1.165) is 40.9 Å². The molecule has 0 radical (unpaired) electrons. The third-order valence-corrected chi connectivity index (χ3v) is 9.20. The molecule has 0 saturated heterocycles. The summed E-state index contributed by atoms with van der Waals surface area (Å²) in [5.41, 5.74) is 4.43. The van der Waals surface area contributed by atoms with Gasteiger partial charge in [0.2, 0.25) is 0 Å². The predicted octanol–water partition coefficient (Wildman–Crippen LogP) is 5.17. The third kappa shape index (κ3) is 4.32. The van der Waals surface area contributed by atoms with Crippen molar-refractivity contribution in [2.75, 3.05) is 10.8 Å². The minimum absolute atomic E-state index is 0.167. The molecule has 4 aromatic rings. The molecular weight excluding hydrogens is 478 g/mol. The van der Waals surface area contributed by atoms with Gasteiger partial charge in [0.25, 0.3) is 15.9 Å². The van der Waals surface area contributed by atoms with Gasteiger partial charge in [0.05, 0.1) is 20.8 Å². The smallest absolute Gasteiger partial charge is 0.279 e. The van der Waals surface area contributed by atoms with E-state index < -0.39 is 10.0 Å². The second-order valence-corrected chi connectivity index (χ2v) is 11.5. The lowest BCUT2D eigenvalue weighted by Gasteiger charge is -2.19. The fourth-order valence-corrected chi connectivity index (χ4v) is 7.09. The molecule has 35 heavy (non-hydrogen) atoms. The molecule has 6 nitrogen and oxygen atoms in total. The zero-order valence-corrected chi connectivity index (χ0v) is 21.4. The number of aromatic nitrogens is 1. The Kier molecular flexibility index (Phi) is 6.34. The van der Waals surface area contributed by atoms with Crippen LogP contribution in [-0.4, -0.2) is 25.4 Å². The molecule has 5 rings (SSSR count). The van der Waals surface area contributed by atoms with Gasteiger partial charge in [0.15, 0.2) is 4.80 Å². The van der Waals surface area contributed by atoms with Gasteiger partial charge in [0.1, 0.15) is 0 Å². The summed E-state index contributed by atoms with van der Waals surface area (Å²) in [5.74, 6) is -0.382. The molecule has 0 bridgehead atoms. The molecule has 0 fully saturated rings. The molecule has 0 atom stereocenters. The fraction of sp³-hybridized carbons (Fsp3) is 0.259. The van der Waals surface area contributed by atoms with Crippen LogP contribution in [0, 0.1) is 0 Å². The molecule has 180 valence electrons. The normalized spacial score (nSPS) is 14.0. The van der Waals surface area contributed by atoms with Gasteiger partial charge < -0.3 is 4.57 Å². The molecule has 2 heterocycles. The molecule has 0 unspecified atom stereocenters. The van der Waals surface area contributed by atoms with Gasteiger partial charge in [-0.15, -0.1) is 0 Å². The number of carbonyl (C=O) groups excluding carboxylic acids is 1. The largest absolute Gasteiger partial charge is 0.316 e. The standard InChI is InChI=1S/C27H27N3O3S2/c1-3-16-29-24-14-9-19(4-2)18-25(24)34-27(29)28-26(31)21-10-12-22(13-11-21)35(32,33)30-17-15-20-7-5-6-8-23(20)30/h5-14,18H,3-4,15-17H2,1-2H3. The number of nitrogens with zero attached hydrogens (tertiary/aromatic N) is 3. The van der Waals surface area contributed by atoms with E-state index in [9.17, 15) is 13.2 Å². The SMILES string of the molecule is CCCn1c(=NC(=O)c2ccc(S(=O)(=O)N3CCc4ccccc43)cc2)sc2cc(CC)ccc21. The number of carbonyl (C=O) groups is 1. The summed E-state index contributed by atoms with van der Waals surface area (Å²) in [4.78, 5) is 18.3. The lowest BCUT2D eigenvalue weighted by atomic mass is 10.2. The quantitative estimate of drug-likeness (QED) is 0.363. The maximum Gasteiger partial charge on any atom is 0.279 e. The summed E-state index contributed by atoms with van der Waals surface area (Å²) >= 11 is 1.51. The molecule has 0 aliphatic carbocycles. The molecule has 0 saturated carbocycles. The number of thiazole rings is 1. The van der Waals surface area contributed by atoms with Crippen LogP contribution in [-0.2, 0) is 29.4 Å². The number of hydrogen-bond donors (Lipinski definition) is 0. The van der Waals surface area contributed by atoms with Crippen molar-refractivity contribution in [1.82, 2.24) is 4.57 Å². The van der Waals surface area contributed by atoms with Gasteiger partial charge in [-0.25, -0.2) is 8.42 Å². The zero-order chi connectivity index (χ0) is 24.6. The Balaban J connectivity index is 1.46. The lowest BCUT2D eigenvalue weighted by Crippen LogP contribution is -2.29. The summed E-state index contributed by atoms with van der Waals surface area (Å²) in [6, 6.07) is 20.0. The minimum atomic E-state index is -3.70. The highest BCUT2D eigenvalue weighted by Gasteiger charge is 2.30. The number of fused-ring (bicyclic) bond motifs is 2. The number of benzene rings is 3. The average Bonchev–Trinajstić information content (AvgIpc) is 3.46. The molecular formula is C27H27N3O3S2. The minimum Gasteiger partial charge on any atom is -0.316 e. The molecule has 1 amide bonds. The molecule has 0 spiro atoms. The first-order valence-corrected chi connectivity index (χ1v) is 14.1. The van der Waals surface area contributed by atoms with Crippen LogP contribution in [0.4, 0.5) is 5.69 Å². The summed E-state index contributed by atoms with van der Waals surface area (Å²) < 4.78 is 31.1. The first-order valence-electron chi connectivity index (χ1n) is 11.8. The lowest BCUT2D eigenvalue weighted by molar-refractivity contribution is 0.0997. The number of hydrogen-bond acceptors (Lipinski definition) is 4. The average molecular weight is 506 g/mol. The second kappa shape index (κ2) is 9.43. The molecule has 1 aliphatic heterocycles. The highest BCUT2D eigenvalue weighted by molar-refractivity contribution is 7.92. The van der Waals surface area contributed by atoms with Crippen molar-refractivity contribution < 1.29 is 13.2 Å². The van der Waals surface area contributed by atoms with E-state index in [0.29, 0.717) is 23.3 Å². The van der Waals surface area contributed by atoms with Gasteiger partial charge in [-0.2, -0.15) is 4.99 Å². The van der Waals surface area contributed by atoms with E-state index in [4.69, 9.17) is 0 Å². The molecule has 0 N–H and O–H groups in total. The Morgan fingerprint density at radius 3 is 2.54 bits per heavy atom. The van der Waals surface area contributed by atoms with Crippen LogP contribution in [0.2, 0.25) is 0 Å². The van der Waals surface area contributed by atoms with Gasteiger partial charge >= 0.3 is 0 Å². The monoisotopic (exact) mass is 505 g/mol. The van der Waals surface area contributed by atoms with E-state index in [-0.39, 0.29) is 10.8 Å². The summed E-state index contributed by atoms with van der Waals surface area (Å²) in [6.45, 7) is 5.41. The van der Waals surface area contributed by atoms with Crippen LogP contribution in [0.5, 0.6) is 0 Å². The predicted molar refractivity (Wildman–Crippen MR) is 140 cm³/mol. The van der Waals surface area contributed by atoms with Crippen molar-refractivity contribution in [3.63, 3.8) is 0 Å². The highest BCUT2D eigenvalue weighted by Crippen LogP contribution is 2.32. The summed E-state index contributed by atoms with van der Waals surface area (Å²) in [6.07, 6.45) is 2.57. The van der Waals surface area contributed by atoms with Crippen LogP contribution >= 0.6 is 11.3 Å². The Hall–Kier alpha value is -3.23. The molecule has 1 aliphatic rings. The van der Waals surface area contributed by atoms with Crippen molar-refractivity contribution in [2.45, 2.75) is 44.6 Å². The summed E-state index contributed by atoms with van der Waals surface area (Å²) in [7, 11) is -3.70. The third-order valence-electron chi connectivity index (χ3n) is 6.33. The van der Waals surface area contributed by atoms with Crippen molar-refractivity contribution in [1.29, 1.82) is 0 Å². The second-order valence-electron chi connectivity index (χ2n) is 8.59. The first-order chi connectivity index (χ1) is 16.9. The van der Waals surface area contributed by atoms with Gasteiger partial charge in [-0.05, 0) is 72.9 Å². The topological polar surface area (TPSA) is 71.7 Å². The van der Waals surface area contributed by atoms with Crippen molar-refractivity contribution in [2.24, 2.45) is 4.99 Å². The van der Waals surface area contributed by atoms with Crippen LogP contribution in [0.25, 0.3) is 10.2 Å². The Bertz CT molecular complexity index is 1580. The van der Waals surface area contributed by atoms with E-state index in [1.54, 1.807) is 12.1 Å².